The van der Waals surface area contributed by atoms with Gasteiger partial charge in [0.05, 0.1) is 18.8 Å². The summed E-state index contributed by atoms with van der Waals surface area (Å²) in [7, 11) is 0. The predicted molar refractivity (Wildman–Crippen MR) is 119 cm³/mol. The number of carbonyl (C=O) groups is 2. The van der Waals surface area contributed by atoms with Crippen LogP contribution in [0.25, 0.3) is 0 Å². The molecule has 31 heavy (non-hydrogen) atoms. The largest absolute Gasteiger partial charge is 0.481 e. The van der Waals surface area contributed by atoms with Crippen molar-refractivity contribution in [1.82, 2.24) is 0 Å². The number of aliphatic hydroxyl groups is 2. The number of ketones is 1. The van der Waals surface area contributed by atoms with Crippen LogP contribution in [-0.4, -0.2) is 45.9 Å². The summed E-state index contributed by atoms with van der Waals surface area (Å²) in [6.45, 7) is 3.15. The van der Waals surface area contributed by atoms with Crippen LogP contribution in [0.15, 0.2) is 36.4 Å². The molecule has 4 atom stereocenters. The molecule has 6 nitrogen and oxygen atoms in total. The maximum absolute atomic E-state index is 12.3. The Morgan fingerprint density at radius 1 is 1.23 bits per heavy atom. The fourth-order valence-electron chi connectivity index (χ4n) is 4.22. The summed E-state index contributed by atoms with van der Waals surface area (Å²) in [5.74, 6) is -1.21. The summed E-state index contributed by atoms with van der Waals surface area (Å²) in [5.41, 5.74) is 2.08. The molecule has 0 radical (unpaired) electrons. The molecule has 1 aliphatic rings. The van der Waals surface area contributed by atoms with Gasteiger partial charge in [-0.25, -0.2) is 0 Å². The zero-order chi connectivity index (χ0) is 22.6. The Kier molecular flexibility index (Phi) is 10.9. The summed E-state index contributed by atoms with van der Waals surface area (Å²) < 4.78 is 5.43. The average Bonchev–Trinajstić information content (AvgIpc) is 2.99. The van der Waals surface area contributed by atoms with Crippen molar-refractivity contribution >= 4 is 11.8 Å². The summed E-state index contributed by atoms with van der Waals surface area (Å²) in [6.07, 6.45) is 6.79. The minimum absolute atomic E-state index is 0.0748. The molecular weight excluding hydrogens is 396 g/mol. The first-order valence-electron chi connectivity index (χ1n) is 11.3. The third-order valence-corrected chi connectivity index (χ3v) is 5.85. The number of hydrogen-bond acceptors (Lipinski definition) is 5. The first-order valence-corrected chi connectivity index (χ1v) is 11.3. The number of carboxylic acid groups (broad SMARTS) is 1. The van der Waals surface area contributed by atoms with E-state index in [2.05, 4.69) is 0 Å². The number of ether oxygens (including phenoxy) is 1. The molecule has 0 unspecified atom stereocenters. The van der Waals surface area contributed by atoms with Gasteiger partial charge in [-0.3, -0.25) is 9.59 Å². The highest BCUT2D eigenvalue weighted by Crippen LogP contribution is 2.34. The molecule has 0 bridgehead atoms. The minimum Gasteiger partial charge on any atom is -0.481 e. The van der Waals surface area contributed by atoms with Gasteiger partial charge >= 0.3 is 5.97 Å². The van der Waals surface area contributed by atoms with Crippen LogP contribution in [0.2, 0.25) is 0 Å². The fraction of sp³-hybridized carbons (Fsp3) is 0.600. The zero-order valence-corrected chi connectivity index (χ0v) is 18.4. The summed E-state index contributed by atoms with van der Waals surface area (Å²) >= 11 is 0. The number of carbonyl (C=O) groups excluding carboxylic acids is 1. The van der Waals surface area contributed by atoms with Gasteiger partial charge < -0.3 is 20.1 Å². The molecule has 0 saturated heterocycles. The molecule has 172 valence electrons. The highest BCUT2D eigenvalue weighted by molar-refractivity contribution is 5.84. The normalized spacial score (nSPS) is 22.3. The van der Waals surface area contributed by atoms with E-state index in [1.54, 1.807) is 12.2 Å². The molecule has 2 rings (SSSR count). The second kappa shape index (κ2) is 13.4. The lowest BCUT2D eigenvalue weighted by molar-refractivity contribution is -0.137. The molecule has 1 fully saturated rings. The smallest absolute Gasteiger partial charge is 0.303 e. The van der Waals surface area contributed by atoms with E-state index in [4.69, 9.17) is 9.84 Å². The minimum atomic E-state index is -0.779. The quantitative estimate of drug-likeness (QED) is 0.306. The van der Waals surface area contributed by atoms with Crippen LogP contribution in [-0.2, 0) is 27.4 Å². The first kappa shape index (κ1) is 25.2. The zero-order valence-electron chi connectivity index (χ0n) is 18.4. The summed E-state index contributed by atoms with van der Waals surface area (Å²) in [4.78, 5) is 22.9. The number of carboxylic acids is 1. The van der Waals surface area contributed by atoms with E-state index in [0.717, 1.165) is 30.4 Å². The lowest BCUT2D eigenvalue weighted by atomic mass is 9.88. The Balaban J connectivity index is 1.85. The van der Waals surface area contributed by atoms with Crippen molar-refractivity contribution in [2.24, 2.45) is 11.8 Å². The topological polar surface area (TPSA) is 104 Å². The lowest BCUT2D eigenvalue weighted by Crippen LogP contribution is -2.19. The molecule has 0 aliphatic heterocycles. The molecule has 0 amide bonds. The Bertz CT molecular complexity index is 728. The molecule has 1 aromatic rings. The second-order valence-electron chi connectivity index (χ2n) is 8.38. The highest BCUT2D eigenvalue weighted by Gasteiger charge is 2.39. The second-order valence-corrected chi connectivity index (χ2v) is 8.38. The van der Waals surface area contributed by atoms with Crippen LogP contribution in [0.3, 0.4) is 0 Å². The van der Waals surface area contributed by atoms with Crippen LogP contribution < -0.4 is 0 Å². The first-order chi connectivity index (χ1) is 14.9. The number of rotatable bonds is 14. The van der Waals surface area contributed by atoms with Crippen LogP contribution in [0, 0.1) is 11.8 Å². The van der Waals surface area contributed by atoms with E-state index in [1.165, 1.54) is 0 Å². The number of aliphatic carboxylic acids is 1. The Hall–Kier alpha value is -2.02. The van der Waals surface area contributed by atoms with E-state index in [9.17, 15) is 19.8 Å². The van der Waals surface area contributed by atoms with E-state index in [0.29, 0.717) is 32.5 Å². The average molecular weight is 433 g/mol. The maximum Gasteiger partial charge on any atom is 0.303 e. The molecule has 0 aromatic heterocycles. The van der Waals surface area contributed by atoms with Crippen LogP contribution >= 0.6 is 0 Å². The van der Waals surface area contributed by atoms with Gasteiger partial charge in [0.2, 0.25) is 0 Å². The third kappa shape index (κ3) is 8.93. The van der Waals surface area contributed by atoms with Crippen molar-refractivity contribution < 1.29 is 29.6 Å². The standard InChI is InChI=1S/C25H36O6/c1-2-31-17-19-9-7-8-18(14-19)15-20(26)12-13-22-21(23(27)16-24(22)28)10-5-3-4-6-11-25(29)30/h7-9,12-14,20-22,24,26,28H,2-6,10-11,15-17H2,1H3,(H,29,30)/t20-,21-,22-,24-/m1/s1. The number of Topliss-reactive ketones (excluding diaryl/α,β-unsaturated/α-hetero) is 1. The van der Waals surface area contributed by atoms with E-state index in [-0.39, 0.29) is 30.5 Å². The monoisotopic (exact) mass is 432 g/mol. The molecule has 6 heteroatoms. The van der Waals surface area contributed by atoms with Gasteiger partial charge in [-0.05, 0) is 30.9 Å². The molecule has 0 spiro atoms. The van der Waals surface area contributed by atoms with Crippen molar-refractivity contribution in [2.45, 2.75) is 77.1 Å². The lowest BCUT2D eigenvalue weighted by Gasteiger charge is -2.18. The highest BCUT2D eigenvalue weighted by atomic mass is 16.5. The fourth-order valence-corrected chi connectivity index (χ4v) is 4.22. The van der Waals surface area contributed by atoms with E-state index >= 15 is 0 Å². The van der Waals surface area contributed by atoms with Gasteiger partial charge in [0.25, 0.3) is 0 Å². The van der Waals surface area contributed by atoms with Crippen molar-refractivity contribution in [2.75, 3.05) is 6.61 Å². The van der Waals surface area contributed by atoms with Gasteiger partial charge in [-0.2, -0.15) is 0 Å². The molecule has 1 aromatic carbocycles. The van der Waals surface area contributed by atoms with Crippen molar-refractivity contribution in [3.8, 4) is 0 Å². The van der Waals surface area contributed by atoms with Gasteiger partial charge in [-0.1, -0.05) is 55.7 Å². The summed E-state index contributed by atoms with van der Waals surface area (Å²) in [6, 6.07) is 7.93. The third-order valence-electron chi connectivity index (χ3n) is 5.85. The Morgan fingerprint density at radius 3 is 2.71 bits per heavy atom. The van der Waals surface area contributed by atoms with Gasteiger partial charge in [-0.15, -0.1) is 0 Å². The van der Waals surface area contributed by atoms with Crippen LogP contribution in [0.1, 0.15) is 63.0 Å². The molecule has 0 heterocycles. The number of unbranched alkanes of at least 4 members (excludes halogenated alkanes) is 3. The van der Waals surface area contributed by atoms with Gasteiger partial charge in [0.15, 0.2) is 0 Å². The number of hydrogen-bond donors (Lipinski definition) is 3. The van der Waals surface area contributed by atoms with E-state index in [1.807, 2.05) is 31.2 Å². The predicted octanol–water partition coefficient (Wildman–Crippen LogP) is 3.67. The van der Waals surface area contributed by atoms with Gasteiger partial charge in [0, 0.05) is 37.7 Å². The van der Waals surface area contributed by atoms with Crippen molar-refractivity contribution in [3.05, 3.63) is 47.5 Å². The molecule has 3 N–H and O–H groups in total. The van der Waals surface area contributed by atoms with Crippen LogP contribution in [0.5, 0.6) is 0 Å². The SMILES string of the molecule is CCOCc1cccc(C[C@H](O)C=C[C@H]2[C@H](O)CC(=O)[C@@H]2CCCCCCC(=O)O)c1. The van der Waals surface area contributed by atoms with Crippen molar-refractivity contribution in [3.63, 3.8) is 0 Å². The molecular formula is C25H36O6. The Labute approximate surface area is 184 Å². The summed E-state index contributed by atoms with van der Waals surface area (Å²) in [5, 5.41) is 29.5. The van der Waals surface area contributed by atoms with Crippen molar-refractivity contribution in [1.29, 1.82) is 0 Å². The Morgan fingerprint density at radius 2 is 1.97 bits per heavy atom. The number of aliphatic hydroxyl groups excluding tert-OH is 2. The molecule has 1 aliphatic carbocycles. The number of benzene rings is 1. The maximum atomic E-state index is 12.3. The molecule has 1 saturated carbocycles. The van der Waals surface area contributed by atoms with E-state index < -0.39 is 18.2 Å². The van der Waals surface area contributed by atoms with Gasteiger partial charge in [0.1, 0.15) is 5.78 Å². The van der Waals surface area contributed by atoms with Crippen LogP contribution in [0.4, 0.5) is 0 Å².